The van der Waals surface area contributed by atoms with E-state index in [9.17, 15) is 18.8 Å². The summed E-state index contributed by atoms with van der Waals surface area (Å²) in [6.45, 7) is 5.68. The van der Waals surface area contributed by atoms with Gasteiger partial charge in [0.15, 0.2) is 0 Å². The molecule has 0 spiro atoms. The van der Waals surface area contributed by atoms with Crippen molar-refractivity contribution in [2.45, 2.75) is 52.2 Å². The Morgan fingerprint density at radius 3 is 2.34 bits per heavy atom. The van der Waals surface area contributed by atoms with Crippen LogP contribution in [0.15, 0.2) is 60.7 Å². The summed E-state index contributed by atoms with van der Waals surface area (Å²) in [7, 11) is 0. The van der Waals surface area contributed by atoms with Crippen molar-refractivity contribution in [2.75, 3.05) is 11.4 Å². The highest BCUT2D eigenvalue weighted by atomic mass is 19.1. The Kier molecular flexibility index (Phi) is 7.15. The largest absolute Gasteiger partial charge is 0.352 e. The monoisotopic (exact) mass is 475 g/mol. The topological polar surface area (TPSA) is 69.7 Å². The van der Waals surface area contributed by atoms with Crippen LogP contribution < -0.4 is 10.2 Å². The molecule has 0 aromatic heterocycles. The number of anilines is 1. The smallest absolute Gasteiger partial charge is 0.259 e. The summed E-state index contributed by atoms with van der Waals surface area (Å²) >= 11 is 0. The van der Waals surface area contributed by atoms with Gasteiger partial charge >= 0.3 is 0 Å². The van der Waals surface area contributed by atoms with Gasteiger partial charge in [0.25, 0.3) is 5.91 Å². The quantitative estimate of drug-likeness (QED) is 0.489. The van der Waals surface area contributed by atoms with Crippen molar-refractivity contribution in [2.24, 2.45) is 0 Å². The van der Waals surface area contributed by atoms with E-state index in [-0.39, 0.29) is 42.7 Å². The Hall–Kier alpha value is -3.74. The minimum Gasteiger partial charge on any atom is -0.352 e. The minimum atomic E-state index is -0.725. The molecule has 182 valence electrons. The molecular formula is C28H30FN3O3. The van der Waals surface area contributed by atoms with Gasteiger partial charge in [0, 0.05) is 23.5 Å². The Morgan fingerprint density at radius 1 is 1.00 bits per heavy atom. The van der Waals surface area contributed by atoms with E-state index in [1.165, 1.54) is 21.9 Å². The fourth-order valence-corrected chi connectivity index (χ4v) is 4.51. The summed E-state index contributed by atoms with van der Waals surface area (Å²) in [4.78, 5) is 43.1. The summed E-state index contributed by atoms with van der Waals surface area (Å²) in [6, 6.07) is 16.3. The Bertz CT molecular complexity index is 1250. The number of benzene rings is 3. The number of rotatable bonds is 9. The number of carbonyl (C=O) groups excluding carboxylic acids is 3. The van der Waals surface area contributed by atoms with E-state index in [0.29, 0.717) is 23.2 Å². The standard InChI is InChI=1S/C28H30FN3O3/c1-4-18(3)30-27(34)23(5-2)31(16-19-12-14-21(29)15-13-19)25(33)17-32-24-11-7-9-20-8-6-10-22(26(20)24)28(32)35/h6-15,18,23H,4-5,16-17H2,1-3H3,(H,30,34)/t18-,23+/m1/s1. The second kappa shape index (κ2) is 10.3. The van der Waals surface area contributed by atoms with Crippen molar-refractivity contribution in [3.05, 3.63) is 77.6 Å². The predicted molar refractivity (Wildman–Crippen MR) is 135 cm³/mol. The lowest BCUT2D eigenvalue weighted by Gasteiger charge is -2.32. The molecular weight excluding hydrogens is 445 g/mol. The van der Waals surface area contributed by atoms with E-state index in [4.69, 9.17) is 0 Å². The third-order valence-corrected chi connectivity index (χ3v) is 6.60. The zero-order valence-corrected chi connectivity index (χ0v) is 20.3. The molecule has 0 fully saturated rings. The summed E-state index contributed by atoms with van der Waals surface area (Å²) in [5.41, 5.74) is 1.96. The van der Waals surface area contributed by atoms with E-state index >= 15 is 0 Å². The van der Waals surface area contributed by atoms with Gasteiger partial charge in [0.05, 0.1) is 5.69 Å². The van der Waals surface area contributed by atoms with Crippen LogP contribution in [-0.4, -0.2) is 41.2 Å². The first-order valence-electron chi connectivity index (χ1n) is 12.0. The molecule has 0 bridgehead atoms. The van der Waals surface area contributed by atoms with Crippen molar-refractivity contribution in [1.29, 1.82) is 0 Å². The van der Waals surface area contributed by atoms with Crippen LogP contribution in [0.5, 0.6) is 0 Å². The van der Waals surface area contributed by atoms with Crippen LogP contribution in [-0.2, 0) is 16.1 Å². The lowest BCUT2D eigenvalue weighted by atomic mass is 10.1. The highest BCUT2D eigenvalue weighted by Crippen LogP contribution is 2.37. The lowest BCUT2D eigenvalue weighted by Crippen LogP contribution is -2.53. The van der Waals surface area contributed by atoms with E-state index in [0.717, 1.165) is 17.2 Å². The van der Waals surface area contributed by atoms with Crippen molar-refractivity contribution >= 4 is 34.2 Å². The first kappa shape index (κ1) is 24.4. The minimum absolute atomic E-state index is 0.0356. The summed E-state index contributed by atoms with van der Waals surface area (Å²) in [5, 5.41) is 4.74. The van der Waals surface area contributed by atoms with Gasteiger partial charge in [-0.25, -0.2) is 4.39 Å². The summed E-state index contributed by atoms with van der Waals surface area (Å²) in [6.07, 6.45) is 1.16. The summed E-state index contributed by atoms with van der Waals surface area (Å²) < 4.78 is 13.5. The SMILES string of the molecule is CC[C@@H](C)NC(=O)[C@H](CC)N(Cc1ccc(F)cc1)C(=O)CN1C(=O)c2cccc3cccc1c23. The third kappa shape index (κ3) is 4.90. The van der Waals surface area contributed by atoms with Crippen molar-refractivity contribution < 1.29 is 18.8 Å². The number of hydrogen-bond donors (Lipinski definition) is 1. The highest BCUT2D eigenvalue weighted by molar-refractivity contribution is 6.26. The van der Waals surface area contributed by atoms with Crippen LogP contribution in [0, 0.1) is 5.82 Å². The number of carbonyl (C=O) groups is 3. The van der Waals surface area contributed by atoms with Gasteiger partial charge in [-0.15, -0.1) is 0 Å². The Labute approximate surface area is 204 Å². The molecule has 7 heteroatoms. The molecule has 0 aliphatic carbocycles. The van der Waals surface area contributed by atoms with E-state index < -0.39 is 6.04 Å². The van der Waals surface area contributed by atoms with E-state index in [2.05, 4.69) is 5.32 Å². The van der Waals surface area contributed by atoms with Crippen LogP contribution in [0.25, 0.3) is 10.8 Å². The molecule has 0 saturated heterocycles. The molecule has 4 rings (SSSR count). The van der Waals surface area contributed by atoms with Gasteiger partial charge in [0.2, 0.25) is 11.8 Å². The molecule has 2 atom stereocenters. The first-order chi connectivity index (χ1) is 16.8. The summed E-state index contributed by atoms with van der Waals surface area (Å²) in [5.74, 6) is -1.19. The molecule has 3 aromatic rings. The van der Waals surface area contributed by atoms with Crippen LogP contribution in [0.4, 0.5) is 10.1 Å². The normalized spacial score (nSPS) is 14.2. The van der Waals surface area contributed by atoms with Gasteiger partial charge < -0.3 is 10.2 Å². The number of hydrogen-bond acceptors (Lipinski definition) is 3. The zero-order chi connectivity index (χ0) is 25.1. The second-order valence-corrected chi connectivity index (χ2v) is 8.96. The average Bonchev–Trinajstić information content (AvgIpc) is 3.13. The van der Waals surface area contributed by atoms with Crippen LogP contribution in [0.1, 0.15) is 49.5 Å². The van der Waals surface area contributed by atoms with E-state index in [1.54, 1.807) is 18.2 Å². The van der Waals surface area contributed by atoms with Crippen LogP contribution in [0.2, 0.25) is 0 Å². The Balaban J connectivity index is 1.64. The van der Waals surface area contributed by atoms with Crippen molar-refractivity contribution in [1.82, 2.24) is 10.2 Å². The van der Waals surface area contributed by atoms with Crippen molar-refractivity contribution in [3.63, 3.8) is 0 Å². The fraction of sp³-hybridized carbons (Fsp3) is 0.321. The molecule has 1 aliphatic rings. The third-order valence-electron chi connectivity index (χ3n) is 6.60. The van der Waals surface area contributed by atoms with Gasteiger partial charge in [-0.1, -0.05) is 50.2 Å². The molecule has 0 radical (unpaired) electrons. The number of nitrogens with one attached hydrogen (secondary N) is 1. The van der Waals surface area contributed by atoms with Gasteiger partial charge in [-0.05, 0) is 55.0 Å². The van der Waals surface area contributed by atoms with Gasteiger partial charge in [-0.2, -0.15) is 0 Å². The molecule has 1 N–H and O–H groups in total. The molecule has 3 aromatic carbocycles. The molecule has 3 amide bonds. The number of amides is 3. The maximum atomic E-state index is 13.7. The highest BCUT2D eigenvalue weighted by Gasteiger charge is 2.35. The van der Waals surface area contributed by atoms with Crippen LogP contribution >= 0.6 is 0 Å². The molecule has 0 unspecified atom stereocenters. The molecule has 35 heavy (non-hydrogen) atoms. The van der Waals surface area contributed by atoms with Gasteiger partial charge in [0.1, 0.15) is 18.4 Å². The maximum Gasteiger partial charge on any atom is 0.259 e. The first-order valence-corrected chi connectivity index (χ1v) is 12.0. The van der Waals surface area contributed by atoms with E-state index in [1.807, 2.05) is 51.1 Å². The predicted octanol–water partition coefficient (Wildman–Crippen LogP) is 4.66. The Morgan fingerprint density at radius 2 is 1.69 bits per heavy atom. The number of nitrogens with zero attached hydrogens (tertiary/aromatic N) is 2. The van der Waals surface area contributed by atoms with Gasteiger partial charge in [-0.3, -0.25) is 19.3 Å². The van der Waals surface area contributed by atoms with Crippen LogP contribution in [0.3, 0.4) is 0 Å². The average molecular weight is 476 g/mol. The van der Waals surface area contributed by atoms with Crippen molar-refractivity contribution in [3.8, 4) is 0 Å². The maximum absolute atomic E-state index is 13.7. The second-order valence-electron chi connectivity index (χ2n) is 8.96. The zero-order valence-electron chi connectivity index (χ0n) is 20.3. The number of halogens is 1. The molecule has 6 nitrogen and oxygen atoms in total. The molecule has 0 saturated carbocycles. The molecule has 1 aliphatic heterocycles. The lowest BCUT2D eigenvalue weighted by molar-refractivity contribution is -0.140. The fourth-order valence-electron chi connectivity index (χ4n) is 4.51. The molecule has 1 heterocycles.